The van der Waals surface area contributed by atoms with Crippen molar-refractivity contribution in [3.8, 4) is 11.3 Å². The molecule has 3 aromatic heterocycles. The Morgan fingerprint density at radius 2 is 2.11 bits per heavy atom. The molecule has 28 heavy (non-hydrogen) atoms. The summed E-state index contributed by atoms with van der Waals surface area (Å²) in [5.41, 5.74) is 4.46. The van der Waals surface area contributed by atoms with Crippen molar-refractivity contribution in [3.63, 3.8) is 0 Å². The Hall–Kier alpha value is -3.09. The van der Waals surface area contributed by atoms with Crippen molar-refractivity contribution >= 4 is 5.91 Å². The highest BCUT2D eigenvalue weighted by atomic mass is 16.5. The minimum Gasteiger partial charge on any atom is -0.361 e. The highest BCUT2D eigenvalue weighted by Crippen LogP contribution is 2.30. The first kappa shape index (κ1) is 18.3. The van der Waals surface area contributed by atoms with Gasteiger partial charge in [0.25, 0.3) is 0 Å². The van der Waals surface area contributed by atoms with Gasteiger partial charge in [-0.1, -0.05) is 11.2 Å². The van der Waals surface area contributed by atoms with Gasteiger partial charge in [0.2, 0.25) is 5.91 Å². The van der Waals surface area contributed by atoms with Crippen molar-refractivity contribution in [1.82, 2.24) is 25.0 Å². The molecule has 1 saturated heterocycles. The minimum atomic E-state index is 0.153. The summed E-state index contributed by atoms with van der Waals surface area (Å²) in [6.07, 6.45) is 9.04. The first-order chi connectivity index (χ1) is 13.6. The largest absolute Gasteiger partial charge is 0.361 e. The van der Waals surface area contributed by atoms with Gasteiger partial charge in [0.1, 0.15) is 5.76 Å². The Labute approximate surface area is 163 Å². The number of carbonyl (C=O) groups is 1. The van der Waals surface area contributed by atoms with Gasteiger partial charge in [-0.05, 0) is 44.2 Å². The zero-order valence-electron chi connectivity index (χ0n) is 16.1. The molecule has 7 nitrogen and oxygen atoms in total. The van der Waals surface area contributed by atoms with Gasteiger partial charge < -0.3 is 9.42 Å². The lowest BCUT2D eigenvalue weighted by molar-refractivity contribution is -0.129. The van der Waals surface area contributed by atoms with Gasteiger partial charge in [0, 0.05) is 37.9 Å². The van der Waals surface area contributed by atoms with Crippen LogP contribution in [0.15, 0.2) is 41.4 Å². The number of aryl methyl sites for hydroxylation is 2. The highest BCUT2D eigenvalue weighted by molar-refractivity contribution is 5.79. The molecule has 4 rings (SSSR count). The van der Waals surface area contributed by atoms with Gasteiger partial charge in [0.05, 0.1) is 29.1 Å². The molecule has 144 valence electrons. The summed E-state index contributed by atoms with van der Waals surface area (Å²) in [7, 11) is 0. The van der Waals surface area contributed by atoms with Crippen molar-refractivity contribution in [3.05, 3.63) is 59.6 Å². The van der Waals surface area contributed by atoms with E-state index in [9.17, 15) is 4.79 Å². The second kappa shape index (κ2) is 7.88. The van der Waals surface area contributed by atoms with Crippen LogP contribution in [0, 0.1) is 19.8 Å². The Bertz CT molecular complexity index is 950. The van der Waals surface area contributed by atoms with E-state index in [1.54, 1.807) is 24.8 Å². The summed E-state index contributed by atoms with van der Waals surface area (Å²) in [4.78, 5) is 27.8. The predicted molar refractivity (Wildman–Crippen MR) is 103 cm³/mol. The number of amides is 1. The lowest BCUT2D eigenvalue weighted by Crippen LogP contribution is -2.30. The van der Waals surface area contributed by atoms with E-state index in [-0.39, 0.29) is 5.91 Å². The van der Waals surface area contributed by atoms with E-state index >= 15 is 0 Å². The van der Waals surface area contributed by atoms with E-state index < -0.39 is 0 Å². The van der Waals surface area contributed by atoms with Crippen LogP contribution in [0.25, 0.3) is 11.3 Å². The predicted octanol–water partition coefficient (Wildman–Crippen LogP) is 2.78. The quantitative estimate of drug-likeness (QED) is 0.680. The fourth-order valence-corrected chi connectivity index (χ4v) is 3.83. The summed E-state index contributed by atoms with van der Waals surface area (Å²) < 4.78 is 5.30. The molecule has 0 unspecified atom stereocenters. The maximum atomic E-state index is 12.6. The van der Waals surface area contributed by atoms with Crippen LogP contribution in [-0.2, 0) is 17.6 Å². The molecule has 0 N–H and O–H groups in total. The van der Waals surface area contributed by atoms with Crippen LogP contribution in [0.5, 0.6) is 0 Å². The molecule has 0 aliphatic carbocycles. The first-order valence-electron chi connectivity index (χ1n) is 9.51. The number of rotatable bonds is 5. The second-order valence-electron chi connectivity index (χ2n) is 7.29. The summed E-state index contributed by atoms with van der Waals surface area (Å²) in [5, 5.41) is 4.04. The van der Waals surface area contributed by atoms with Crippen molar-refractivity contribution < 1.29 is 9.32 Å². The number of hydrogen-bond donors (Lipinski definition) is 0. The summed E-state index contributed by atoms with van der Waals surface area (Å²) in [6, 6.07) is 3.80. The Balaban J connectivity index is 1.45. The molecule has 0 radical (unpaired) electrons. The lowest BCUT2D eigenvalue weighted by atomic mass is 9.98. The van der Waals surface area contributed by atoms with Crippen molar-refractivity contribution in [2.75, 3.05) is 13.1 Å². The first-order valence-corrected chi connectivity index (χ1v) is 9.51. The maximum Gasteiger partial charge on any atom is 0.227 e. The number of carbonyl (C=O) groups excluding carboxylic acids is 1. The third-order valence-corrected chi connectivity index (χ3v) is 5.24. The van der Waals surface area contributed by atoms with E-state index in [0.717, 1.165) is 59.9 Å². The number of hydrogen-bond acceptors (Lipinski definition) is 6. The molecule has 1 aliphatic heterocycles. The molecule has 0 bridgehead atoms. The molecule has 0 spiro atoms. The molecule has 0 saturated carbocycles. The van der Waals surface area contributed by atoms with Crippen LogP contribution in [0.2, 0.25) is 0 Å². The number of nitrogens with zero attached hydrogens (tertiary/aromatic N) is 5. The van der Waals surface area contributed by atoms with E-state index in [1.807, 2.05) is 30.9 Å². The van der Waals surface area contributed by atoms with Crippen LogP contribution < -0.4 is 0 Å². The van der Waals surface area contributed by atoms with Crippen LogP contribution >= 0.6 is 0 Å². The van der Waals surface area contributed by atoms with Gasteiger partial charge in [-0.15, -0.1) is 0 Å². The van der Waals surface area contributed by atoms with Crippen LogP contribution in [0.4, 0.5) is 0 Å². The van der Waals surface area contributed by atoms with Crippen LogP contribution in [0.1, 0.15) is 29.1 Å². The monoisotopic (exact) mass is 377 g/mol. The highest BCUT2D eigenvalue weighted by Gasteiger charge is 2.28. The summed E-state index contributed by atoms with van der Waals surface area (Å²) in [6.45, 7) is 5.34. The van der Waals surface area contributed by atoms with E-state index in [2.05, 4.69) is 20.1 Å². The molecule has 1 atom stereocenters. The lowest BCUT2D eigenvalue weighted by Gasteiger charge is -2.17. The third-order valence-electron chi connectivity index (χ3n) is 5.24. The van der Waals surface area contributed by atoms with E-state index in [1.165, 1.54) is 0 Å². The van der Waals surface area contributed by atoms with Crippen molar-refractivity contribution in [2.45, 2.75) is 33.1 Å². The number of pyridine rings is 1. The molecule has 1 fully saturated rings. The van der Waals surface area contributed by atoms with E-state index in [0.29, 0.717) is 12.3 Å². The van der Waals surface area contributed by atoms with Gasteiger partial charge >= 0.3 is 0 Å². The van der Waals surface area contributed by atoms with Gasteiger partial charge in [0.15, 0.2) is 0 Å². The number of aromatic nitrogens is 4. The minimum absolute atomic E-state index is 0.153. The van der Waals surface area contributed by atoms with Gasteiger partial charge in [-0.2, -0.15) is 0 Å². The Kier molecular flexibility index (Phi) is 5.14. The third kappa shape index (κ3) is 3.78. The fraction of sp³-hybridized carbons (Fsp3) is 0.381. The molecular weight excluding hydrogens is 354 g/mol. The average Bonchev–Trinajstić information content (AvgIpc) is 3.30. The molecular formula is C21H23N5O2. The van der Waals surface area contributed by atoms with Gasteiger partial charge in [-0.25, -0.2) is 0 Å². The summed E-state index contributed by atoms with van der Waals surface area (Å²) in [5.74, 6) is 1.27. The van der Waals surface area contributed by atoms with Crippen LogP contribution in [0.3, 0.4) is 0 Å². The van der Waals surface area contributed by atoms with Crippen LogP contribution in [-0.4, -0.2) is 44.0 Å². The second-order valence-corrected chi connectivity index (χ2v) is 7.29. The molecule has 1 aliphatic rings. The zero-order valence-corrected chi connectivity index (χ0v) is 16.1. The number of likely N-dealkylation sites (tertiary alicyclic amines) is 1. The van der Waals surface area contributed by atoms with Crippen molar-refractivity contribution in [2.24, 2.45) is 5.92 Å². The SMILES string of the molecule is Cc1noc(C)c1-c1nccnc1C[C@H]1CCN(C(=O)Cc2cccnc2)C1. The van der Waals surface area contributed by atoms with Gasteiger partial charge in [-0.3, -0.25) is 19.7 Å². The smallest absolute Gasteiger partial charge is 0.227 e. The molecule has 7 heteroatoms. The maximum absolute atomic E-state index is 12.6. The normalized spacial score (nSPS) is 16.5. The molecule has 0 aromatic carbocycles. The molecule has 1 amide bonds. The van der Waals surface area contributed by atoms with Crippen molar-refractivity contribution in [1.29, 1.82) is 0 Å². The fourth-order valence-electron chi connectivity index (χ4n) is 3.83. The summed E-state index contributed by atoms with van der Waals surface area (Å²) >= 11 is 0. The standard InChI is InChI=1S/C21H23N5O2/c1-14-20(15(2)28-25-14)21-18(23-7-8-24-21)10-17-5-9-26(13-17)19(27)11-16-4-3-6-22-12-16/h3-4,6-8,12,17H,5,9-11,13H2,1-2H3/t17-/m1/s1. The Morgan fingerprint density at radius 3 is 2.86 bits per heavy atom. The molecule has 4 heterocycles. The molecule has 3 aromatic rings. The zero-order chi connectivity index (χ0) is 19.5. The Morgan fingerprint density at radius 1 is 1.25 bits per heavy atom. The topological polar surface area (TPSA) is 85.0 Å². The van der Waals surface area contributed by atoms with E-state index in [4.69, 9.17) is 4.52 Å². The average molecular weight is 377 g/mol.